The minimum absolute atomic E-state index is 0.0946. The molecule has 256 valence electrons. The van der Waals surface area contributed by atoms with Gasteiger partial charge in [0.05, 0.1) is 11.2 Å². The van der Waals surface area contributed by atoms with Gasteiger partial charge in [-0.1, -0.05) is 148 Å². The average Bonchev–Trinajstić information content (AvgIpc) is 3.20. The monoisotopic (exact) mass is 674 g/mol. The number of fused-ring (bicyclic) bond motifs is 2. The van der Waals surface area contributed by atoms with Crippen LogP contribution in [0.4, 0.5) is 22.7 Å². The summed E-state index contributed by atoms with van der Waals surface area (Å²) >= 11 is 0. The fourth-order valence-electron chi connectivity index (χ4n) is 8.27. The summed E-state index contributed by atoms with van der Waals surface area (Å²) in [5, 5.41) is 5.00. The molecule has 2 atom stereocenters. The zero-order valence-electron chi connectivity index (χ0n) is 30.3. The van der Waals surface area contributed by atoms with E-state index >= 15 is 0 Å². The van der Waals surface area contributed by atoms with Crippen molar-refractivity contribution in [1.29, 1.82) is 0 Å². The summed E-state index contributed by atoms with van der Waals surface area (Å²) in [6, 6.07) is 48.6. The lowest BCUT2D eigenvalue weighted by Crippen LogP contribution is -2.48. The Balaban J connectivity index is 1.17. The third-order valence-corrected chi connectivity index (χ3v) is 11.3. The molecule has 52 heavy (non-hydrogen) atoms. The van der Waals surface area contributed by atoms with Gasteiger partial charge in [0, 0.05) is 38.9 Å². The van der Waals surface area contributed by atoms with Crippen molar-refractivity contribution in [2.45, 2.75) is 50.5 Å². The minimum atomic E-state index is -0.194. The lowest BCUT2D eigenvalue weighted by Gasteiger charge is -2.48. The first kappa shape index (κ1) is 33.3. The van der Waals surface area contributed by atoms with Crippen LogP contribution in [0.5, 0.6) is 0 Å². The molecule has 2 heteroatoms. The molecule has 0 bridgehead atoms. The smallest absolute Gasteiger partial charge is 0.0603 e. The maximum atomic E-state index is 4.10. The van der Waals surface area contributed by atoms with Crippen LogP contribution >= 0.6 is 0 Å². The van der Waals surface area contributed by atoms with Crippen LogP contribution < -0.4 is 9.80 Å². The first-order chi connectivity index (χ1) is 25.4. The molecule has 0 heterocycles. The van der Waals surface area contributed by atoms with Crippen molar-refractivity contribution in [3.8, 4) is 0 Å². The number of hydrogen-bond donors (Lipinski definition) is 0. The van der Waals surface area contributed by atoms with E-state index in [1.807, 2.05) is 12.2 Å². The molecule has 2 unspecified atom stereocenters. The summed E-state index contributed by atoms with van der Waals surface area (Å²) in [6.07, 6.45) is 17.6. The fraction of sp³-hybridized carbons (Fsp3) is 0.160. The van der Waals surface area contributed by atoms with Crippen LogP contribution in [-0.2, 0) is 5.41 Å². The molecular formula is C50H46N2. The van der Waals surface area contributed by atoms with Crippen molar-refractivity contribution < 1.29 is 0 Å². The molecule has 0 saturated heterocycles. The van der Waals surface area contributed by atoms with Gasteiger partial charge in [-0.25, -0.2) is 0 Å². The van der Waals surface area contributed by atoms with Crippen LogP contribution in [0, 0.1) is 0 Å². The summed E-state index contributed by atoms with van der Waals surface area (Å²) in [5.74, 6) is 0. The number of benzene rings is 6. The second kappa shape index (κ2) is 13.7. The van der Waals surface area contributed by atoms with Crippen LogP contribution in [0.15, 0.2) is 188 Å². The van der Waals surface area contributed by atoms with Crippen molar-refractivity contribution in [3.05, 3.63) is 199 Å². The highest BCUT2D eigenvalue weighted by Gasteiger charge is 2.40. The van der Waals surface area contributed by atoms with E-state index in [9.17, 15) is 0 Å². The molecule has 0 saturated carbocycles. The maximum Gasteiger partial charge on any atom is 0.0603 e. The van der Waals surface area contributed by atoms with Gasteiger partial charge in [-0.05, 0) is 103 Å². The SMILES string of the molecule is C=CC1=CCCC(N(c2cccc3ccccc23)C2(C)C=CC(C)(c3ccc(N(c4cccc(C=C)c4)c4cccc5ccccc45)cc3)CC2)=C1. The highest BCUT2D eigenvalue weighted by Crippen LogP contribution is 2.47. The van der Waals surface area contributed by atoms with Crippen LogP contribution in [0.25, 0.3) is 27.6 Å². The first-order valence-corrected chi connectivity index (χ1v) is 18.5. The van der Waals surface area contributed by atoms with Gasteiger partial charge in [0.25, 0.3) is 0 Å². The molecule has 2 aliphatic carbocycles. The van der Waals surface area contributed by atoms with E-state index in [1.54, 1.807) is 0 Å². The number of rotatable bonds is 9. The van der Waals surface area contributed by atoms with E-state index in [0.717, 1.165) is 48.3 Å². The largest absolute Gasteiger partial charge is 0.335 e. The predicted octanol–water partition coefficient (Wildman–Crippen LogP) is 13.8. The normalized spacial score (nSPS) is 19.9. The number of hydrogen-bond acceptors (Lipinski definition) is 2. The van der Waals surface area contributed by atoms with Gasteiger partial charge >= 0.3 is 0 Å². The van der Waals surface area contributed by atoms with Crippen LogP contribution in [0.3, 0.4) is 0 Å². The average molecular weight is 675 g/mol. The third-order valence-electron chi connectivity index (χ3n) is 11.3. The van der Waals surface area contributed by atoms with Crippen LogP contribution in [0.2, 0.25) is 0 Å². The Kier molecular flexibility index (Phi) is 8.77. The van der Waals surface area contributed by atoms with E-state index < -0.39 is 0 Å². The molecule has 0 aliphatic heterocycles. The van der Waals surface area contributed by atoms with Gasteiger partial charge in [-0.2, -0.15) is 0 Å². The molecule has 2 aliphatic rings. The molecule has 0 radical (unpaired) electrons. The topological polar surface area (TPSA) is 6.48 Å². The molecule has 0 amide bonds. The maximum absolute atomic E-state index is 4.10. The number of allylic oxidation sites excluding steroid dienone is 6. The zero-order chi connectivity index (χ0) is 35.7. The van der Waals surface area contributed by atoms with Gasteiger partial charge in [0.2, 0.25) is 0 Å². The predicted molar refractivity (Wildman–Crippen MR) is 225 cm³/mol. The summed E-state index contributed by atoms with van der Waals surface area (Å²) < 4.78 is 0. The third kappa shape index (κ3) is 6.09. The van der Waals surface area contributed by atoms with Crippen LogP contribution in [0.1, 0.15) is 50.7 Å². The fourth-order valence-corrected chi connectivity index (χ4v) is 8.27. The van der Waals surface area contributed by atoms with E-state index in [0.29, 0.717) is 0 Å². The van der Waals surface area contributed by atoms with E-state index in [2.05, 4.69) is 195 Å². The van der Waals surface area contributed by atoms with E-state index in [4.69, 9.17) is 0 Å². The Morgan fingerprint density at radius 3 is 1.94 bits per heavy atom. The Bertz CT molecular complexity index is 2380. The Labute approximate surface area is 309 Å². The van der Waals surface area contributed by atoms with Gasteiger partial charge in [0.1, 0.15) is 0 Å². The zero-order valence-corrected chi connectivity index (χ0v) is 30.3. The van der Waals surface area contributed by atoms with Crippen molar-refractivity contribution >= 4 is 50.4 Å². The Morgan fingerprint density at radius 1 is 0.615 bits per heavy atom. The van der Waals surface area contributed by atoms with Crippen molar-refractivity contribution in [2.75, 3.05) is 9.80 Å². The van der Waals surface area contributed by atoms with Crippen molar-refractivity contribution in [3.63, 3.8) is 0 Å². The van der Waals surface area contributed by atoms with Gasteiger partial charge in [-0.3, -0.25) is 0 Å². The van der Waals surface area contributed by atoms with Gasteiger partial charge in [0.15, 0.2) is 0 Å². The highest BCUT2D eigenvalue weighted by molar-refractivity contribution is 5.99. The number of nitrogens with zero attached hydrogens (tertiary/aromatic N) is 2. The lowest BCUT2D eigenvalue weighted by molar-refractivity contribution is 0.387. The van der Waals surface area contributed by atoms with Gasteiger partial charge < -0.3 is 9.80 Å². The molecular weight excluding hydrogens is 629 g/mol. The second-order valence-electron chi connectivity index (χ2n) is 14.7. The first-order valence-electron chi connectivity index (χ1n) is 18.5. The minimum Gasteiger partial charge on any atom is -0.335 e. The summed E-state index contributed by atoms with van der Waals surface area (Å²) in [6.45, 7) is 13.0. The summed E-state index contributed by atoms with van der Waals surface area (Å²) in [5.41, 5.74) is 9.36. The van der Waals surface area contributed by atoms with Gasteiger partial charge in [-0.15, -0.1) is 0 Å². The quantitative estimate of drug-likeness (QED) is 0.141. The van der Waals surface area contributed by atoms with Crippen LogP contribution in [-0.4, -0.2) is 5.54 Å². The lowest BCUT2D eigenvalue weighted by atomic mass is 9.70. The Hall–Kier alpha value is -5.86. The molecule has 0 aromatic heterocycles. The standard InChI is InChI=1S/C50H46N2/c1-5-37-15-11-21-43(35-37)51(47-25-13-19-39-17-7-9-23-45(39)47)42-29-27-41(28-30-42)49(3)31-33-50(4,34-32-49)52(44-22-12-16-38(6-2)36-44)48-26-14-20-40-18-8-10-24-46(40)48/h5-11,13-21,23-31,33,35-36H,1-2,12,22,32,34H2,3-4H3. The molecule has 0 fully saturated rings. The molecule has 0 N–H and O–H groups in total. The second-order valence-corrected chi connectivity index (χ2v) is 14.7. The molecule has 0 spiro atoms. The number of anilines is 4. The Morgan fingerprint density at radius 2 is 1.27 bits per heavy atom. The summed E-state index contributed by atoms with van der Waals surface area (Å²) in [4.78, 5) is 5.01. The molecule has 2 nitrogen and oxygen atoms in total. The van der Waals surface area contributed by atoms with Crippen molar-refractivity contribution in [2.24, 2.45) is 0 Å². The summed E-state index contributed by atoms with van der Waals surface area (Å²) in [7, 11) is 0. The molecule has 6 aromatic rings. The highest BCUT2D eigenvalue weighted by atomic mass is 15.2. The molecule has 8 rings (SSSR count). The van der Waals surface area contributed by atoms with E-state index in [1.165, 1.54) is 44.1 Å². The van der Waals surface area contributed by atoms with E-state index in [-0.39, 0.29) is 11.0 Å². The van der Waals surface area contributed by atoms with Crippen molar-refractivity contribution in [1.82, 2.24) is 0 Å². The molecule has 6 aromatic carbocycles.